The summed E-state index contributed by atoms with van der Waals surface area (Å²) in [6, 6.07) is 17.6. The molecule has 4 rings (SSSR count). The van der Waals surface area contributed by atoms with Gasteiger partial charge in [0, 0.05) is 35.0 Å². The minimum Gasteiger partial charge on any atom is -0.463 e. The number of nitriles is 1. The van der Waals surface area contributed by atoms with Gasteiger partial charge in [0.25, 0.3) is 0 Å². The number of carbonyl (C=O) groups excluding carboxylic acids is 2. The van der Waals surface area contributed by atoms with E-state index >= 15 is 0 Å². The van der Waals surface area contributed by atoms with E-state index in [-0.39, 0.29) is 13.2 Å². The zero-order chi connectivity index (χ0) is 25.8. The van der Waals surface area contributed by atoms with Crippen LogP contribution in [0.5, 0.6) is 0 Å². The Morgan fingerprint density at radius 1 is 0.944 bits per heavy atom. The van der Waals surface area contributed by atoms with Gasteiger partial charge in [-0.3, -0.25) is 0 Å². The fourth-order valence-electron chi connectivity index (χ4n) is 4.85. The van der Waals surface area contributed by atoms with Crippen LogP contribution in [0.1, 0.15) is 50.3 Å². The lowest BCUT2D eigenvalue weighted by atomic mass is 9.80. The molecule has 184 valence electrons. The molecule has 2 aromatic carbocycles. The molecular weight excluding hydrogens is 454 g/mol. The molecule has 0 spiro atoms. The average molecular weight is 484 g/mol. The molecule has 0 saturated heterocycles. The monoisotopic (exact) mass is 483 g/mol. The lowest BCUT2D eigenvalue weighted by Crippen LogP contribution is -2.32. The normalized spacial score (nSPS) is 14.0. The number of rotatable bonds is 7. The van der Waals surface area contributed by atoms with E-state index in [1.807, 2.05) is 62.5 Å². The molecule has 0 amide bonds. The molecule has 0 saturated carbocycles. The molecule has 0 atom stereocenters. The Morgan fingerprint density at radius 2 is 1.53 bits per heavy atom. The molecule has 0 unspecified atom stereocenters. The van der Waals surface area contributed by atoms with Crippen LogP contribution in [0.25, 0.3) is 10.9 Å². The molecule has 1 aromatic heterocycles. The molecule has 36 heavy (non-hydrogen) atoms. The van der Waals surface area contributed by atoms with Crippen LogP contribution in [-0.2, 0) is 25.6 Å². The van der Waals surface area contributed by atoms with Crippen molar-refractivity contribution in [1.29, 1.82) is 5.26 Å². The van der Waals surface area contributed by atoms with Crippen LogP contribution in [0, 0.1) is 11.3 Å². The highest BCUT2D eigenvalue weighted by Gasteiger charge is 2.39. The van der Waals surface area contributed by atoms with Crippen molar-refractivity contribution in [2.24, 2.45) is 0 Å². The molecule has 1 N–H and O–H groups in total. The van der Waals surface area contributed by atoms with Crippen LogP contribution >= 0.6 is 0 Å². The first kappa shape index (κ1) is 24.8. The summed E-state index contributed by atoms with van der Waals surface area (Å²) in [6.45, 7) is 8.03. The first-order valence-electron chi connectivity index (χ1n) is 12.0. The Bertz CT molecular complexity index is 1400. The van der Waals surface area contributed by atoms with E-state index in [0.29, 0.717) is 34.6 Å². The predicted molar refractivity (Wildman–Crippen MR) is 137 cm³/mol. The highest BCUT2D eigenvalue weighted by molar-refractivity contribution is 6.02. The van der Waals surface area contributed by atoms with Crippen LogP contribution in [0.4, 0.5) is 0 Å². The van der Waals surface area contributed by atoms with Gasteiger partial charge in [0.2, 0.25) is 0 Å². The topological polar surface area (TPSA) is 93.3 Å². The van der Waals surface area contributed by atoms with Crippen LogP contribution in [-0.4, -0.2) is 29.7 Å². The van der Waals surface area contributed by atoms with E-state index in [1.54, 1.807) is 19.9 Å². The number of nitrogens with zero attached hydrogens (tertiary/aromatic N) is 2. The van der Waals surface area contributed by atoms with Crippen molar-refractivity contribution >= 4 is 22.8 Å². The fourth-order valence-corrected chi connectivity index (χ4v) is 4.85. The molecule has 3 aromatic rings. The molecular formula is C29H29N3O4. The van der Waals surface area contributed by atoms with Gasteiger partial charge in [0.1, 0.15) is 0 Å². The Kier molecular flexibility index (Phi) is 7.25. The second-order valence-electron chi connectivity index (χ2n) is 8.57. The minimum atomic E-state index is -0.679. The summed E-state index contributed by atoms with van der Waals surface area (Å²) in [5.41, 5.74) is 5.24. The number of allylic oxidation sites excluding steroid dienone is 2. The minimum absolute atomic E-state index is 0.215. The molecule has 0 bridgehead atoms. The number of aromatic nitrogens is 1. The van der Waals surface area contributed by atoms with E-state index in [1.165, 1.54) is 0 Å². The number of esters is 2. The van der Waals surface area contributed by atoms with E-state index < -0.39 is 17.9 Å². The number of para-hydroxylation sites is 1. The smallest absolute Gasteiger partial charge is 0.336 e. The van der Waals surface area contributed by atoms with Crippen molar-refractivity contribution in [3.63, 3.8) is 0 Å². The summed E-state index contributed by atoms with van der Waals surface area (Å²) in [5, 5.41) is 13.7. The SMILES string of the molecule is CCOC(=O)C1=C(C)NC(C)=C(C(=O)OCC)C1c1cn(Cc2ccccc2C#N)c2ccccc12. The maximum absolute atomic E-state index is 13.2. The predicted octanol–water partition coefficient (Wildman–Crippen LogP) is 4.92. The molecule has 0 radical (unpaired) electrons. The Hall–Kier alpha value is -4.31. The molecule has 1 aliphatic rings. The third kappa shape index (κ3) is 4.50. The standard InChI is InChI=1S/C29H29N3O4/c1-5-35-28(33)25-18(3)31-19(4)26(29(34)36-6-2)27(25)23-17-32(24-14-10-9-13-22(23)24)16-21-12-8-7-11-20(21)15-30/h7-14,17,27,31H,5-6,16H2,1-4H3. The van der Waals surface area contributed by atoms with Crippen molar-refractivity contribution in [1.82, 2.24) is 9.88 Å². The summed E-state index contributed by atoms with van der Waals surface area (Å²) in [6.07, 6.45) is 1.97. The molecule has 2 heterocycles. The van der Waals surface area contributed by atoms with Crippen molar-refractivity contribution in [3.05, 3.63) is 94.0 Å². The summed E-state index contributed by atoms with van der Waals surface area (Å²) in [7, 11) is 0. The molecule has 7 heteroatoms. The zero-order valence-electron chi connectivity index (χ0n) is 20.9. The number of benzene rings is 2. The lowest BCUT2D eigenvalue weighted by Gasteiger charge is -2.30. The third-order valence-corrected chi connectivity index (χ3v) is 6.36. The van der Waals surface area contributed by atoms with Crippen molar-refractivity contribution in [2.75, 3.05) is 13.2 Å². The Balaban J connectivity index is 1.95. The van der Waals surface area contributed by atoms with Gasteiger partial charge in [-0.2, -0.15) is 5.26 Å². The van der Waals surface area contributed by atoms with E-state index in [2.05, 4.69) is 16.0 Å². The number of dihydropyridines is 1. The van der Waals surface area contributed by atoms with Crippen LogP contribution < -0.4 is 5.32 Å². The first-order valence-corrected chi connectivity index (χ1v) is 12.0. The first-order chi connectivity index (χ1) is 17.4. The van der Waals surface area contributed by atoms with E-state index in [4.69, 9.17) is 9.47 Å². The number of fused-ring (bicyclic) bond motifs is 1. The van der Waals surface area contributed by atoms with Gasteiger partial charge in [-0.1, -0.05) is 36.4 Å². The summed E-state index contributed by atoms with van der Waals surface area (Å²) >= 11 is 0. The van der Waals surface area contributed by atoms with Crippen LogP contribution in [0.15, 0.2) is 77.3 Å². The molecule has 0 aliphatic carbocycles. The highest BCUT2D eigenvalue weighted by atomic mass is 16.5. The average Bonchev–Trinajstić information content (AvgIpc) is 3.22. The summed E-state index contributed by atoms with van der Waals surface area (Å²) < 4.78 is 12.9. The van der Waals surface area contributed by atoms with Gasteiger partial charge in [-0.05, 0) is 51.0 Å². The van der Waals surface area contributed by atoms with Crippen molar-refractivity contribution in [2.45, 2.75) is 40.2 Å². The highest BCUT2D eigenvalue weighted by Crippen LogP contribution is 2.42. The van der Waals surface area contributed by atoms with E-state index in [9.17, 15) is 14.9 Å². The second-order valence-corrected chi connectivity index (χ2v) is 8.57. The van der Waals surface area contributed by atoms with Crippen molar-refractivity contribution in [3.8, 4) is 6.07 Å². The molecule has 1 aliphatic heterocycles. The number of hydrogen-bond donors (Lipinski definition) is 1. The van der Waals surface area contributed by atoms with Crippen LogP contribution in [0.2, 0.25) is 0 Å². The Labute approximate surface area is 210 Å². The fraction of sp³-hybridized carbons (Fsp3) is 0.276. The largest absolute Gasteiger partial charge is 0.463 e. The van der Waals surface area contributed by atoms with Crippen molar-refractivity contribution < 1.29 is 19.1 Å². The number of ether oxygens (including phenoxy) is 2. The third-order valence-electron chi connectivity index (χ3n) is 6.36. The van der Waals surface area contributed by atoms with Gasteiger partial charge in [-0.25, -0.2) is 9.59 Å². The summed E-state index contributed by atoms with van der Waals surface area (Å²) in [5.74, 6) is -1.64. The number of carbonyl (C=O) groups is 2. The summed E-state index contributed by atoms with van der Waals surface area (Å²) in [4.78, 5) is 26.4. The molecule has 7 nitrogen and oxygen atoms in total. The maximum Gasteiger partial charge on any atom is 0.336 e. The maximum atomic E-state index is 13.2. The van der Waals surface area contributed by atoms with E-state index in [0.717, 1.165) is 22.0 Å². The van der Waals surface area contributed by atoms with Crippen LogP contribution in [0.3, 0.4) is 0 Å². The van der Waals surface area contributed by atoms with Gasteiger partial charge in [0.15, 0.2) is 0 Å². The zero-order valence-corrected chi connectivity index (χ0v) is 20.9. The van der Waals surface area contributed by atoms with Gasteiger partial charge in [0.05, 0.1) is 41.9 Å². The van der Waals surface area contributed by atoms with Gasteiger partial charge < -0.3 is 19.4 Å². The lowest BCUT2D eigenvalue weighted by molar-refractivity contribution is -0.139. The number of nitrogens with one attached hydrogen (secondary N) is 1. The number of hydrogen-bond acceptors (Lipinski definition) is 6. The molecule has 0 fully saturated rings. The quantitative estimate of drug-likeness (QED) is 0.480. The van der Waals surface area contributed by atoms with Gasteiger partial charge >= 0.3 is 11.9 Å². The van der Waals surface area contributed by atoms with Gasteiger partial charge in [-0.15, -0.1) is 0 Å². The Morgan fingerprint density at radius 3 is 2.14 bits per heavy atom. The second kappa shape index (κ2) is 10.5.